The number of rotatable bonds is 4. The monoisotopic (exact) mass is 265 g/mol. The number of ether oxygens (including phenoxy) is 1. The molecule has 1 saturated heterocycles. The average Bonchev–Trinajstić information content (AvgIpc) is 2.75. The third-order valence-electron chi connectivity index (χ3n) is 3.34. The van der Waals surface area contributed by atoms with Crippen molar-refractivity contribution in [2.45, 2.75) is 32.8 Å². The van der Waals surface area contributed by atoms with E-state index in [4.69, 9.17) is 10.00 Å². The SMILES string of the molecule is COCc1nc(N2CCC(C)CC2)sc1CC#N. The summed E-state index contributed by atoms with van der Waals surface area (Å²) in [5.41, 5.74) is 0.928. The number of hydrogen-bond acceptors (Lipinski definition) is 5. The van der Waals surface area contributed by atoms with E-state index in [-0.39, 0.29) is 0 Å². The maximum absolute atomic E-state index is 8.84. The van der Waals surface area contributed by atoms with E-state index in [0.29, 0.717) is 13.0 Å². The van der Waals surface area contributed by atoms with Gasteiger partial charge in [0.15, 0.2) is 5.13 Å². The van der Waals surface area contributed by atoms with Crippen LogP contribution in [0.3, 0.4) is 0 Å². The lowest BCUT2D eigenvalue weighted by molar-refractivity contribution is 0.181. The molecule has 0 N–H and O–H groups in total. The number of hydrogen-bond donors (Lipinski definition) is 0. The van der Waals surface area contributed by atoms with E-state index in [2.05, 4.69) is 22.9 Å². The number of thiazole rings is 1. The van der Waals surface area contributed by atoms with E-state index in [0.717, 1.165) is 34.7 Å². The normalized spacial score (nSPS) is 16.8. The van der Waals surface area contributed by atoms with E-state index in [1.54, 1.807) is 18.4 Å². The Morgan fingerprint density at radius 1 is 1.50 bits per heavy atom. The number of nitrogens with zero attached hydrogens (tertiary/aromatic N) is 3. The highest BCUT2D eigenvalue weighted by atomic mass is 32.1. The van der Waals surface area contributed by atoms with Crippen LogP contribution in [-0.4, -0.2) is 25.2 Å². The van der Waals surface area contributed by atoms with Crippen LogP contribution in [0, 0.1) is 17.2 Å². The van der Waals surface area contributed by atoms with Gasteiger partial charge >= 0.3 is 0 Å². The third kappa shape index (κ3) is 3.01. The number of nitriles is 1. The Bertz CT molecular complexity index is 430. The molecule has 0 atom stereocenters. The highest BCUT2D eigenvalue weighted by Crippen LogP contribution is 2.30. The average molecular weight is 265 g/mol. The van der Waals surface area contributed by atoms with E-state index >= 15 is 0 Å². The van der Waals surface area contributed by atoms with Gasteiger partial charge in [-0.25, -0.2) is 4.98 Å². The molecule has 0 radical (unpaired) electrons. The Labute approximate surface area is 112 Å². The summed E-state index contributed by atoms with van der Waals surface area (Å²) in [5.74, 6) is 0.818. The van der Waals surface area contributed by atoms with Crippen LogP contribution in [0.1, 0.15) is 30.3 Å². The molecule has 1 aromatic rings. The van der Waals surface area contributed by atoms with Crippen molar-refractivity contribution in [1.29, 1.82) is 5.26 Å². The van der Waals surface area contributed by atoms with E-state index in [1.807, 2.05) is 0 Å². The van der Waals surface area contributed by atoms with Crippen molar-refractivity contribution < 1.29 is 4.74 Å². The molecular weight excluding hydrogens is 246 g/mol. The summed E-state index contributed by atoms with van der Waals surface area (Å²) in [4.78, 5) is 8.02. The molecule has 18 heavy (non-hydrogen) atoms. The smallest absolute Gasteiger partial charge is 0.185 e. The second kappa shape index (κ2) is 6.17. The van der Waals surface area contributed by atoms with Crippen molar-refractivity contribution >= 4 is 16.5 Å². The number of methoxy groups -OCH3 is 1. The van der Waals surface area contributed by atoms with Gasteiger partial charge in [0.1, 0.15) is 0 Å². The standard InChI is InChI=1S/C13H19N3OS/c1-10-4-7-16(8-5-10)13-15-11(9-17-2)12(18-13)3-6-14/h10H,3-5,7-9H2,1-2H3. The predicted octanol–water partition coefficient (Wildman–Crippen LogP) is 2.59. The van der Waals surface area contributed by atoms with Crippen LogP contribution in [0.5, 0.6) is 0 Å². The van der Waals surface area contributed by atoms with Gasteiger partial charge in [0, 0.05) is 25.1 Å². The Kier molecular flexibility index (Phi) is 4.56. The molecule has 4 nitrogen and oxygen atoms in total. The van der Waals surface area contributed by atoms with Crippen LogP contribution in [-0.2, 0) is 17.8 Å². The summed E-state index contributed by atoms with van der Waals surface area (Å²) in [6.45, 7) is 4.95. The van der Waals surface area contributed by atoms with Crippen LogP contribution >= 0.6 is 11.3 Å². The van der Waals surface area contributed by atoms with Crippen LogP contribution in [0.4, 0.5) is 5.13 Å². The number of piperidine rings is 1. The molecule has 0 saturated carbocycles. The second-order valence-electron chi connectivity index (χ2n) is 4.80. The van der Waals surface area contributed by atoms with Crippen LogP contribution < -0.4 is 4.90 Å². The van der Waals surface area contributed by atoms with Gasteiger partial charge in [-0.3, -0.25) is 0 Å². The van der Waals surface area contributed by atoms with Crippen molar-refractivity contribution in [3.8, 4) is 6.07 Å². The fourth-order valence-corrected chi connectivity index (χ4v) is 3.21. The first-order valence-corrected chi connectivity index (χ1v) is 7.15. The molecular formula is C13H19N3OS. The number of anilines is 1. The van der Waals surface area contributed by atoms with Gasteiger partial charge in [-0.15, -0.1) is 11.3 Å². The minimum Gasteiger partial charge on any atom is -0.378 e. The molecule has 0 unspecified atom stereocenters. The minimum absolute atomic E-state index is 0.431. The summed E-state index contributed by atoms with van der Waals surface area (Å²) in [5, 5.41) is 9.90. The molecule has 2 heterocycles. The van der Waals surface area contributed by atoms with Gasteiger partial charge in [-0.05, 0) is 18.8 Å². The van der Waals surface area contributed by atoms with Gasteiger partial charge in [-0.2, -0.15) is 5.26 Å². The van der Waals surface area contributed by atoms with Gasteiger partial charge in [0.05, 0.1) is 24.8 Å². The molecule has 0 aliphatic carbocycles. The highest BCUT2D eigenvalue weighted by molar-refractivity contribution is 7.15. The third-order valence-corrected chi connectivity index (χ3v) is 4.50. The lowest BCUT2D eigenvalue weighted by Gasteiger charge is -2.29. The molecule has 5 heteroatoms. The molecule has 1 aliphatic heterocycles. The maximum atomic E-state index is 8.84. The van der Waals surface area contributed by atoms with E-state index in [9.17, 15) is 0 Å². The quantitative estimate of drug-likeness (QED) is 0.839. The largest absolute Gasteiger partial charge is 0.378 e. The van der Waals surface area contributed by atoms with E-state index < -0.39 is 0 Å². The Morgan fingerprint density at radius 2 is 2.22 bits per heavy atom. The van der Waals surface area contributed by atoms with Crippen molar-refractivity contribution in [3.05, 3.63) is 10.6 Å². The van der Waals surface area contributed by atoms with Crippen molar-refractivity contribution in [2.75, 3.05) is 25.1 Å². The van der Waals surface area contributed by atoms with Crippen LogP contribution in [0.25, 0.3) is 0 Å². The maximum Gasteiger partial charge on any atom is 0.185 e. The summed E-state index contributed by atoms with van der Waals surface area (Å²) in [6.07, 6.45) is 2.89. The fourth-order valence-electron chi connectivity index (χ4n) is 2.16. The second-order valence-corrected chi connectivity index (χ2v) is 5.87. The fraction of sp³-hybridized carbons (Fsp3) is 0.692. The first-order chi connectivity index (χ1) is 8.74. The molecule has 1 aliphatic rings. The Hall–Kier alpha value is -1.12. The lowest BCUT2D eigenvalue weighted by atomic mass is 10.00. The zero-order valence-corrected chi connectivity index (χ0v) is 11.8. The summed E-state index contributed by atoms with van der Waals surface area (Å²) >= 11 is 1.64. The Morgan fingerprint density at radius 3 is 2.83 bits per heavy atom. The Balaban J connectivity index is 2.13. The molecule has 1 fully saturated rings. The van der Waals surface area contributed by atoms with Crippen molar-refractivity contribution in [1.82, 2.24) is 4.98 Å². The molecule has 0 amide bonds. The summed E-state index contributed by atoms with van der Waals surface area (Å²) in [7, 11) is 1.66. The van der Waals surface area contributed by atoms with Gasteiger partial charge < -0.3 is 9.64 Å². The lowest BCUT2D eigenvalue weighted by Crippen LogP contribution is -2.32. The first-order valence-electron chi connectivity index (χ1n) is 6.34. The van der Waals surface area contributed by atoms with E-state index in [1.165, 1.54) is 12.8 Å². The minimum atomic E-state index is 0.431. The van der Waals surface area contributed by atoms with Gasteiger partial charge in [0.2, 0.25) is 0 Å². The number of aromatic nitrogens is 1. The van der Waals surface area contributed by atoms with Crippen molar-refractivity contribution in [3.63, 3.8) is 0 Å². The molecule has 2 rings (SSSR count). The van der Waals surface area contributed by atoms with Gasteiger partial charge in [-0.1, -0.05) is 6.92 Å². The molecule has 1 aromatic heterocycles. The molecule has 0 spiro atoms. The zero-order chi connectivity index (χ0) is 13.0. The van der Waals surface area contributed by atoms with Crippen molar-refractivity contribution in [2.24, 2.45) is 5.92 Å². The topological polar surface area (TPSA) is 49.1 Å². The summed E-state index contributed by atoms with van der Waals surface area (Å²) in [6, 6.07) is 2.20. The first kappa shape index (κ1) is 13.3. The molecule has 0 aromatic carbocycles. The molecule has 98 valence electrons. The summed E-state index contributed by atoms with van der Waals surface area (Å²) < 4.78 is 5.15. The van der Waals surface area contributed by atoms with Crippen LogP contribution in [0.15, 0.2) is 0 Å². The zero-order valence-electron chi connectivity index (χ0n) is 11.0. The highest BCUT2D eigenvalue weighted by Gasteiger charge is 2.20. The van der Waals surface area contributed by atoms with Gasteiger partial charge in [0.25, 0.3) is 0 Å². The predicted molar refractivity (Wildman–Crippen MR) is 72.8 cm³/mol. The molecule has 0 bridgehead atoms. The van der Waals surface area contributed by atoms with Crippen LogP contribution in [0.2, 0.25) is 0 Å².